The van der Waals surface area contributed by atoms with Crippen LogP contribution in [0.4, 0.5) is 0 Å². The van der Waals surface area contributed by atoms with Gasteiger partial charge in [0.05, 0.1) is 18.1 Å². The van der Waals surface area contributed by atoms with Crippen molar-refractivity contribution in [3.05, 3.63) is 35.9 Å². The molecule has 1 fully saturated rings. The quantitative estimate of drug-likeness (QED) is 0.832. The normalized spacial score (nSPS) is 25.7. The fourth-order valence-electron chi connectivity index (χ4n) is 2.90. The fraction of sp³-hybridized carbons (Fsp3) is 0.562. The number of hydrogen-bond acceptors (Lipinski definition) is 3. The van der Waals surface area contributed by atoms with Crippen LogP contribution in [0.3, 0.4) is 0 Å². The van der Waals surface area contributed by atoms with Crippen molar-refractivity contribution in [2.24, 2.45) is 0 Å². The summed E-state index contributed by atoms with van der Waals surface area (Å²) in [4.78, 5) is 2.39. The van der Waals surface area contributed by atoms with E-state index >= 15 is 0 Å². The summed E-state index contributed by atoms with van der Waals surface area (Å²) < 4.78 is 5.65. The third-order valence-electron chi connectivity index (χ3n) is 4.09. The molecule has 0 bridgehead atoms. The lowest BCUT2D eigenvalue weighted by molar-refractivity contribution is -0.0613. The summed E-state index contributed by atoms with van der Waals surface area (Å²) in [5.41, 5.74) is 1.14. The van der Waals surface area contributed by atoms with Gasteiger partial charge in [0.2, 0.25) is 0 Å². The van der Waals surface area contributed by atoms with Crippen LogP contribution in [0, 0.1) is 11.3 Å². The number of benzene rings is 1. The van der Waals surface area contributed by atoms with Crippen LogP contribution in [0.5, 0.6) is 0 Å². The van der Waals surface area contributed by atoms with Crippen molar-refractivity contribution in [2.75, 3.05) is 20.2 Å². The van der Waals surface area contributed by atoms with Crippen molar-refractivity contribution in [3.8, 4) is 6.07 Å². The van der Waals surface area contributed by atoms with E-state index in [0.29, 0.717) is 6.42 Å². The number of nitriles is 1. The molecular formula is C16H22N2O. The Kier molecular flexibility index (Phi) is 4.57. The molecule has 0 amide bonds. The number of piperidine rings is 1. The summed E-state index contributed by atoms with van der Waals surface area (Å²) in [7, 11) is 1.78. The number of rotatable bonds is 4. The lowest BCUT2D eigenvalue weighted by atomic mass is 9.91. The van der Waals surface area contributed by atoms with Crippen LogP contribution >= 0.6 is 0 Å². The van der Waals surface area contributed by atoms with Crippen LogP contribution in [0.25, 0.3) is 0 Å². The van der Waals surface area contributed by atoms with Crippen molar-refractivity contribution in [1.29, 1.82) is 5.26 Å². The minimum Gasteiger partial charge on any atom is -0.377 e. The van der Waals surface area contributed by atoms with Crippen LogP contribution in [0.15, 0.2) is 30.3 Å². The second-order valence-corrected chi connectivity index (χ2v) is 5.52. The van der Waals surface area contributed by atoms with Gasteiger partial charge in [0.15, 0.2) is 0 Å². The van der Waals surface area contributed by atoms with Crippen LogP contribution in [0.1, 0.15) is 37.8 Å². The molecule has 2 unspecified atom stereocenters. The number of nitrogens with zero attached hydrogens (tertiary/aromatic N) is 2. The van der Waals surface area contributed by atoms with E-state index in [1.165, 1.54) is 5.56 Å². The third kappa shape index (κ3) is 3.34. The van der Waals surface area contributed by atoms with Crippen LogP contribution in [-0.2, 0) is 4.74 Å². The molecule has 1 aliphatic heterocycles. The SMILES string of the molecule is COC1(C)CCCN(C(CC#N)c2ccccc2)C1. The predicted molar refractivity (Wildman–Crippen MR) is 75.6 cm³/mol. The van der Waals surface area contributed by atoms with Gasteiger partial charge in [-0.3, -0.25) is 4.90 Å². The lowest BCUT2D eigenvalue weighted by Crippen LogP contribution is -2.48. The molecule has 2 atom stereocenters. The van der Waals surface area contributed by atoms with Gasteiger partial charge >= 0.3 is 0 Å². The molecule has 3 heteroatoms. The number of ether oxygens (including phenoxy) is 1. The summed E-state index contributed by atoms with van der Waals surface area (Å²) >= 11 is 0. The highest BCUT2D eigenvalue weighted by Crippen LogP contribution is 2.32. The molecular weight excluding hydrogens is 236 g/mol. The van der Waals surface area contributed by atoms with E-state index in [2.05, 4.69) is 30.0 Å². The highest BCUT2D eigenvalue weighted by molar-refractivity contribution is 5.20. The molecule has 0 aromatic heterocycles. The predicted octanol–water partition coefficient (Wildman–Crippen LogP) is 3.14. The molecule has 1 heterocycles. The zero-order valence-corrected chi connectivity index (χ0v) is 11.8. The van der Waals surface area contributed by atoms with Gasteiger partial charge in [-0.1, -0.05) is 30.3 Å². The molecule has 19 heavy (non-hydrogen) atoms. The van der Waals surface area contributed by atoms with Crippen molar-refractivity contribution >= 4 is 0 Å². The van der Waals surface area contributed by atoms with Crippen molar-refractivity contribution in [1.82, 2.24) is 4.90 Å². The van der Waals surface area contributed by atoms with Gasteiger partial charge in [-0.2, -0.15) is 5.26 Å². The Balaban J connectivity index is 2.18. The smallest absolute Gasteiger partial charge is 0.0777 e. The van der Waals surface area contributed by atoms with Gasteiger partial charge in [0, 0.05) is 19.7 Å². The van der Waals surface area contributed by atoms with E-state index in [1.807, 2.05) is 18.2 Å². The monoisotopic (exact) mass is 258 g/mol. The number of methoxy groups -OCH3 is 1. The minimum absolute atomic E-state index is 0.0826. The molecule has 2 rings (SSSR count). The topological polar surface area (TPSA) is 36.3 Å². The van der Waals surface area contributed by atoms with E-state index < -0.39 is 0 Å². The molecule has 0 radical (unpaired) electrons. The molecule has 1 saturated heterocycles. The molecule has 0 spiro atoms. The van der Waals surface area contributed by atoms with Crippen molar-refractivity contribution in [3.63, 3.8) is 0 Å². The maximum Gasteiger partial charge on any atom is 0.0777 e. The number of hydrogen-bond donors (Lipinski definition) is 0. The zero-order chi connectivity index (χ0) is 13.7. The zero-order valence-electron chi connectivity index (χ0n) is 11.8. The maximum atomic E-state index is 9.11. The largest absolute Gasteiger partial charge is 0.377 e. The number of likely N-dealkylation sites (tertiary alicyclic amines) is 1. The first-order valence-corrected chi connectivity index (χ1v) is 6.89. The van der Waals surface area contributed by atoms with Crippen LogP contribution in [-0.4, -0.2) is 30.7 Å². The lowest BCUT2D eigenvalue weighted by Gasteiger charge is -2.42. The summed E-state index contributed by atoms with van der Waals surface area (Å²) in [5, 5.41) is 9.11. The van der Waals surface area contributed by atoms with Gasteiger partial charge in [0.25, 0.3) is 0 Å². The summed E-state index contributed by atoms with van der Waals surface area (Å²) in [5.74, 6) is 0. The second-order valence-electron chi connectivity index (χ2n) is 5.52. The van der Waals surface area contributed by atoms with Gasteiger partial charge in [-0.05, 0) is 31.9 Å². The maximum absolute atomic E-state index is 9.11. The minimum atomic E-state index is -0.0826. The highest BCUT2D eigenvalue weighted by Gasteiger charge is 2.34. The van der Waals surface area contributed by atoms with Crippen molar-refractivity contribution < 1.29 is 4.74 Å². The summed E-state index contributed by atoms with van der Waals surface area (Å²) in [6.45, 7) is 4.10. The molecule has 102 valence electrons. The Labute approximate surface area is 115 Å². The Hall–Kier alpha value is -1.37. The van der Waals surface area contributed by atoms with Gasteiger partial charge in [-0.25, -0.2) is 0 Å². The molecule has 1 aromatic carbocycles. The van der Waals surface area contributed by atoms with Crippen LogP contribution in [0.2, 0.25) is 0 Å². The van der Waals surface area contributed by atoms with Gasteiger partial charge in [0.1, 0.15) is 0 Å². The Morgan fingerprint density at radius 1 is 1.42 bits per heavy atom. The average molecular weight is 258 g/mol. The van der Waals surface area contributed by atoms with E-state index in [-0.39, 0.29) is 11.6 Å². The van der Waals surface area contributed by atoms with Crippen molar-refractivity contribution in [2.45, 2.75) is 37.8 Å². The average Bonchev–Trinajstić information content (AvgIpc) is 2.46. The first-order valence-electron chi connectivity index (χ1n) is 6.89. The standard InChI is InChI=1S/C16H22N2O/c1-16(19-2)10-6-12-18(13-16)15(9-11-17)14-7-4-3-5-8-14/h3-5,7-8,15H,6,9-10,12-13H2,1-2H3. The second kappa shape index (κ2) is 6.18. The molecule has 3 nitrogen and oxygen atoms in total. The summed E-state index contributed by atoms with van der Waals surface area (Å²) in [6.07, 6.45) is 2.75. The van der Waals surface area contributed by atoms with Gasteiger partial charge in [-0.15, -0.1) is 0 Å². The molecule has 0 saturated carbocycles. The third-order valence-corrected chi connectivity index (χ3v) is 4.09. The van der Waals surface area contributed by atoms with E-state index in [1.54, 1.807) is 7.11 Å². The summed E-state index contributed by atoms with van der Waals surface area (Å²) in [6, 6.07) is 12.8. The Bertz CT molecular complexity index is 440. The van der Waals surface area contributed by atoms with E-state index in [4.69, 9.17) is 10.00 Å². The van der Waals surface area contributed by atoms with E-state index in [9.17, 15) is 0 Å². The van der Waals surface area contributed by atoms with E-state index in [0.717, 1.165) is 25.9 Å². The van der Waals surface area contributed by atoms with Gasteiger partial charge < -0.3 is 4.74 Å². The molecule has 1 aliphatic rings. The highest BCUT2D eigenvalue weighted by atomic mass is 16.5. The first-order chi connectivity index (χ1) is 9.18. The molecule has 0 N–H and O–H groups in total. The van der Waals surface area contributed by atoms with Crippen LogP contribution < -0.4 is 0 Å². The fourth-order valence-corrected chi connectivity index (χ4v) is 2.90. The first kappa shape index (κ1) is 14.0. The Morgan fingerprint density at radius 3 is 2.79 bits per heavy atom. The molecule has 0 aliphatic carbocycles. The molecule has 1 aromatic rings. The Morgan fingerprint density at radius 2 is 2.16 bits per heavy atom.